The molecule has 0 saturated carbocycles. The molecule has 3 rings (SSSR count). The Hall–Kier alpha value is -1.07. The molecular formula is C16H13Br2FO2. The average molecular weight is 416 g/mol. The summed E-state index contributed by atoms with van der Waals surface area (Å²) in [5.74, 6) is 0.779. The lowest BCUT2D eigenvalue weighted by Gasteiger charge is -2.12. The molecule has 0 fully saturated rings. The standard InChI is InChI=1S/C16H13Br2FO2/c17-8-10-1-2-15(14(19)5-10)21-9-12-7-13(18)6-11-3-4-20-16(11)12/h1-2,5-7H,3-4,8-9H2. The minimum absolute atomic E-state index is 0.256. The third-order valence-electron chi connectivity index (χ3n) is 3.36. The van der Waals surface area contributed by atoms with Crippen molar-refractivity contribution in [2.45, 2.75) is 18.4 Å². The molecule has 1 aliphatic rings. The largest absolute Gasteiger partial charge is 0.493 e. The quantitative estimate of drug-likeness (QED) is 0.654. The number of benzene rings is 2. The molecule has 0 atom stereocenters. The molecule has 0 N–H and O–H groups in total. The van der Waals surface area contributed by atoms with Gasteiger partial charge in [-0.3, -0.25) is 0 Å². The molecule has 1 aliphatic heterocycles. The molecule has 0 saturated heterocycles. The van der Waals surface area contributed by atoms with Gasteiger partial charge in [-0.25, -0.2) is 4.39 Å². The first kappa shape index (κ1) is 14.9. The number of alkyl halides is 1. The molecule has 5 heteroatoms. The SMILES string of the molecule is Fc1cc(CBr)ccc1OCc1cc(Br)cc2c1OCC2. The minimum atomic E-state index is -0.348. The summed E-state index contributed by atoms with van der Waals surface area (Å²) in [5.41, 5.74) is 2.98. The molecule has 0 bridgehead atoms. The van der Waals surface area contributed by atoms with Crippen molar-refractivity contribution in [1.82, 2.24) is 0 Å². The summed E-state index contributed by atoms with van der Waals surface area (Å²) in [5, 5.41) is 0.622. The predicted molar refractivity (Wildman–Crippen MR) is 86.7 cm³/mol. The van der Waals surface area contributed by atoms with Crippen LogP contribution in [-0.4, -0.2) is 6.61 Å². The van der Waals surface area contributed by atoms with Gasteiger partial charge in [0.05, 0.1) is 6.61 Å². The van der Waals surface area contributed by atoms with E-state index in [4.69, 9.17) is 9.47 Å². The number of hydrogen-bond donors (Lipinski definition) is 0. The highest BCUT2D eigenvalue weighted by atomic mass is 79.9. The van der Waals surface area contributed by atoms with E-state index in [9.17, 15) is 4.39 Å². The van der Waals surface area contributed by atoms with Crippen LogP contribution in [0.1, 0.15) is 16.7 Å². The lowest BCUT2D eigenvalue weighted by Crippen LogP contribution is -2.00. The van der Waals surface area contributed by atoms with E-state index < -0.39 is 0 Å². The van der Waals surface area contributed by atoms with Crippen LogP contribution in [0.5, 0.6) is 11.5 Å². The van der Waals surface area contributed by atoms with E-state index in [1.165, 1.54) is 6.07 Å². The van der Waals surface area contributed by atoms with Crippen LogP contribution in [0, 0.1) is 5.82 Å². The number of hydrogen-bond acceptors (Lipinski definition) is 2. The van der Waals surface area contributed by atoms with Crippen LogP contribution in [0.15, 0.2) is 34.8 Å². The fraction of sp³-hybridized carbons (Fsp3) is 0.250. The summed E-state index contributed by atoms with van der Waals surface area (Å²) in [4.78, 5) is 0. The van der Waals surface area contributed by atoms with Crippen LogP contribution in [0.4, 0.5) is 4.39 Å². The summed E-state index contributed by atoms with van der Waals surface area (Å²) in [7, 11) is 0. The third-order valence-corrected chi connectivity index (χ3v) is 4.46. The monoisotopic (exact) mass is 414 g/mol. The molecule has 0 radical (unpaired) electrons. The van der Waals surface area contributed by atoms with Gasteiger partial charge in [0.1, 0.15) is 12.4 Å². The van der Waals surface area contributed by atoms with Gasteiger partial charge in [0.25, 0.3) is 0 Å². The molecule has 21 heavy (non-hydrogen) atoms. The third kappa shape index (κ3) is 3.24. The normalized spacial score (nSPS) is 12.9. The van der Waals surface area contributed by atoms with Crippen LogP contribution < -0.4 is 9.47 Å². The van der Waals surface area contributed by atoms with E-state index in [1.54, 1.807) is 6.07 Å². The molecule has 2 aromatic rings. The molecule has 0 aliphatic carbocycles. The van der Waals surface area contributed by atoms with Crippen molar-refractivity contribution in [2.24, 2.45) is 0 Å². The molecular weight excluding hydrogens is 403 g/mol. The van der Waals surface area contributed by atoms with Crippen molar-refractivity contribution in [3.05, 3.63) is 57.3 Å². The maximum absolute atomic E-state index is 13.9. The Morgan fingerprint density at radius 1 is 1.24 bits per heavy atom. The Labute approximate surface area is 139 Å². The van der Waals surface area contributed by atoms with E-state index in [1.807, 2.05) is 12.1 Å². The fourth-order valence-electron chi connectivity index (χ4n) is 2.35. The van der Waals surface area contributed by atoms with Crippen molar-refractivity contribution in [3.63, 3.8) is 0 Å². The molecule has 110 valence electrons. The second-order valence-corrected chi connectivity index (χ2v) is 6.32. The lowest BCUT2D eigenvalue weighted by molar-refractivity contribution is 0.279. The van der Waals surface area contributed by atoms with Gasteiger partial charge in [-0.1, -0.05) is 37.9 Å². The Balaban J connectivity index is 1.79. The summed E-state index contributed by atoms with van der Waals surface area (Å²) in [6, 6.07) is 8.98. The maximum atomic E-state index is 13.9. The van der Waals surface area contributed by atoms with E-state index in [-0.39, 0.29) is 18.2 Å². The van der Waals surface area contributed by atoms with E-state index in [2.05, 4.69) is 37.9 Å². The highest BCUT2D eigenvalue weighted by Gasteiger charge is 2.18. The van der Waals surface area contributed by atoms with Gasteiger partial charge in [0, 0.05) is 21.8 Å². The summed E-state index contributed by atoms with van der Waals surface area (Å²) in [6.07, 6.45) is 0.899. The van der Waals surface area contributed by atoms with Crippen molar-refractivity contribution in [2.75, 3.05) is 6.61 Å². The van der Waals surface area contributed by atoms with Gasteiger partial charge >= 0.3 is 0 Å². The predicted octanol–water partition coefficient (Wildman–Crippen LogP) is 5.00. The zero-order chi connectivity index (χ0) is 14.8. The smallest absolute Gasteiger partial charge is 0.165 e. The summed E-state index contributed by atoms with van der Waals surface area (Å²) in [6.45, 7) is 0.972. The van der Waals surface area contributed by atoms with Gasteiger partial charge in [-0.05, 0) is 35.4 Å². The first-order valence-electron chi connectivity index (χ1n) is 6.58. The lowest BCUT2D eigenvalue weighted by atomic mass is 10.1. The molecule has 2 nitrogen and oxygen atoms in total. The molecule has 2 aromatic carbocycles. The Bertz CT molecular complexity index is 674. The Kier molecular flexibility index (Phi) is 4.50. The molecule has 0 amide bonds. The van der Waals surface area contributed by atoms with Gasteiger partial charge < -0.3 is 9.47 Å². The van der Waals surface area contributed by atoms with Crippen molar-refractivity contribution >= 4 is 31.9 Å². The second kappa shape index (κ2) is 6.36. The molecule has 0 unspecified atom stereocenters. The van der Waals surface area contributed by atoms with Crippen LogP contribution in [-0.2, 0) is 18.4 Å². The van der Waals surface area contributed by atoms with Crippen molar-refractivity contribution < 1.29 is 13.9 Å². The number of halogens is 3. The number of rotatable bonds is 4. The highest BCUT2D eigenvalue weighted by Crippen LogP contribution is 2.34. The minimum Gasteiger partial charge on any atom is -0.493 e. The first-order valence-corrected chi connectivity index (χ1v) is 8.50. The zero-order valence-electron chi connectivity index (χ0n) is 11.2. The molecule has 0 aromatic heterocycles. The first-order chi connectivity index (χ1) is 10.2. The zero-order valence-corrected chi connectivity index (χ0v) is 14.3. The molecule has 0 spiro atoms. The van der Waals surface area contributed by atoms with E-state index in [0.29, 0.717) is 11.9 Å². The van der Waals surface area contributed by atoms with Crippen molar-refractivity contribution in [3.8, 4) is 11.5 Å². The van der Waals surface area contributed by atoms with Gasteiger partial charge in [0.15, 0.2) is 11.6 Å². The van der Waals surface area contributed by atoms with Crippen LogP contribution in [0.3, 0.4) is 0 Å². The van der Waals surface area contributed by atoms with Gasteiger partial charge in [0.2, 0.25) is 0 Å². The van der Waals surface area contributed by atoms with Gasteiger partial charge in [-0.2, -0.15) is 0 Å². The highest BCUT2D eigenvalue weighted by molar-refractivity contribution is 9.10. The van der Waals surface area contributed by atoms with Crippen molar-refractivity contribution in [1.29, 1.82) is 0 Å². The Morgan fingerprint density at radius 2 is 2.10 bits per heavy atom. The Morgan fingerprint density at radius 3 is 2.86 bits per heavy atom. The average Bonchev–Trinajstić information content (AvgIpc) is 2.93. The topological polar surface area (TPSA) is 18.5 Å². The van der Waals surface area contributed by atoms with Gasteiger partial charge in [-0.15, -0.1) is 0 Å². The van der Waals surface area contributed by atoms with Crippen LogP contribution in [0.25, 0.3) is 0 Å². The van der Waals surface area contributed by atoms with Crippen LogP contribution >= 0.6 is 31.9 Å². The van der Waals surface area contributed by atoms with Crippen LogP contribution in [0.2, 0.25) is 0 Å². The second-order valence-electron chi connectivity index (χ2n) is 4.84. The maximum Gasteiger partial charge on any atom is 0.165 e. The summed E-state index contributed by atoms with van der Waals surface area (Å²) >= 11 is 6.79. The number of fused-ring (bicyclic) bond motifs is 1. The molecule has 1 heterocycles. The fourth-order valence-corrected chi connectivity index (χ4v) is 3.25. The van der Waals surface area contributed by atoms with E-state index in [0.717, 1.165) is 33.3 Å². The van der Waals surface area contributed by atoms with E-state index >= 15 is 0 Å². The summed E-state index contributed by atoms with van der Waals surface area (Å²) < 4.78 is 26.1. The number of ether oxygens (including phenoxy) is 2.